The summed E-state index contributed by atoms with van der Waals surface area (Å²) in [5, 5.41) is 9.98. The van der Waals surface area contributed by atoms with Gasteiger partial charge >= 0.3 is 6.09 Å². The Morgan fingerprint density at radius 1 is 1.53 bits per heavy atom. The Kier molecular flexibility index (Phi) is 3.89. The largest absolute Gasteiger partial charge is 0.444 e. The van der Waals surface area contributed by atoms with Crippen molar-refractivity contribution in [1.82, 2.24) is 4.90 Å². The van der Waals surface area contributed by atoms with Gasteiger partial charge in [0.15, 0.2) is 0 Å². The third kappa shape index (κ3) is 3.57. The van der Waals surface area contributed by atoms with Crippen LogP contribution in [0, 0.1) is 0 Å². The first-order valence-electron chi connectivity index (χ1n) is 5.04. The summed E-state index contributed by atoms with van der Waals surface area (Å²) < 4.78 is 5.20. The summed E-state index contributed by atoms with van der Waals surface area (Å²) in [4.78, 5) is 13.1. The van der Waals surface area contributed by atoms with Crippen LogP contribution >= 0.6 is 11.8 Å². The van der Waals surface area contributed by atoms with Crippen LogP contribution in [-0.2, 0) is 4.74 Å². The molecule has 1 N–H and O–H groups in total. The predicted molar refractivity (Wildman–Crippen MR) is 60.9 cm³/mol. The van der Waals surface area contributed by atoms with Crippen LogP contribution in [0.5, 0.6) is 0 Å². The molecule has 1 heterocycles. The zero-order valence-corrected chi connectivity index (χ0v) is 10.5. The van der Waals surface area contributed by atoms with Crippen molar-refractivity contribution in [2.75, 3.05) is 12.8 Å². The SMILES string of the molecule is CS[C@H]1C[C@@H](O)N(C(=O)OC(C)(C)C)C1. The fourth-order valence-corrected chi connectivity index (χ4v) is 2.14. The minimum Gasteiger partial charge on any atom is -0.444 e. The van der Waals surface area contributed by atoms with Crippen molar-refractivity contribution in [3.05, 3.63) is 0 Å². The fraction of sp³-hybridized carbons (Fsp3) is 0.900. The molecule has 88 valence electrons. The highest BCUT2D eigenvalue weighted by Gasteiger charge is 2.35. The Labute approximate surface area is 95.0 Å². The number of nitrogens with zero attached hydrogens (tertiary/aromatic N) is 1. The van der Waals surface area contributed by atoms with Gasteiger partial charge in [0.05, 0.1) is 0 Å². The molecule has 1 rings (SSSR count). The molecule has 1 aliphatic heterocycles. The monoisotopic (exact) mass is 233 g/mol. The molecule has 1 aliphatic rings. The average Bonchev–Trinajstić information content (AvgIpc) is 2.43. The minimum atomic E-state index is -0.697. The number of amides is 1. The molecule has 0 aromatic heterocycles. The second-order valence-corrected chi connectivity index (χ2v) is 5.84. The molecule has 0 spiro atoms. The van der Waals surface area contributed by atoms with Gasteiger partial charge in [0.25, 0.3) is 0 Å². The third-order valence-electron chi connectivity index (χ3n) is 2.20. The van der Waals surface area contributed by atoms with E-state index in [1.54, 1.807) is 11.8 Å². The average molecular weight is 233 g/mol. The molecule has 1 saturated heterocycles. The highest BCUT2D eigenvalue weighted by molar-refractivity contribution is 7.99. The van der Waals surface area contributed by atoms with Crippen LogP contribution in [-0.4, -0.2) is 46.0 Å². The van der Waals surface area contributed by atoms with Crippen LogP contribution in [0.1, 0.15) is 27.2 Å². The quantitative estimate of drug-likeness (QED) is 0.748. The molecule has 0 aliphatic carbocycles. The van der Waals surface area contributed by atoms with E-state index in [1.165, 1.54) is 4.90 Å². The van der Waals surface area contributed by atoms with Gasteiger partial charge in [-0.3, -0.25) is 4.90 Å². The van der Waals surface area contributed by atoms with E-state index in [4.69, 9.17) is 4.74 Å². The second kappa shape index (κ2) is 4.61. The van der Waals surface area contributed by atoms with Crippen LogP contribution in [0.2, 0.25) is 0 Å². The van der Waals surface area contributed by atoms with Gasteiger partial charge in [0.1, 0.15) is 11.8 Å². The molecule has 0 saturated carbocycles. The van der Waals surface area contributed by atoms with Crippen molar-refractivity contribution in [3.8, 4) is 0 Å². The van der Waals surface area contributed by atoms with E-state index in [9.17, 15) is 9.90 Å². The summed E-state index contributed by atoms with van der Waals surface area (Å²) in [6.07, 6.45) is 1.49. The first kappa shape index (κ1) is 12.6. The van der Waals surface area contributed by atoms with Crippen molar-refractivity contribution in [3.63, 3.8) is 0 Å². The summed E-state index contributed by atoms with van der Waals surface area (Å²) in [6.45, 7) is 6.02. The molecule has 0 bridgehead atoms. The lowest BCUT2D eigenvalue weighted by atomic mass is 10.2. The molecule has 1 fully saturated rings. The third-order valence-corrected chi connectivity index (χ3v) is 3.20. The smallest absolute Gasteiger partial charge is 0.412 e. The number of hydrogen-bond donors (Lipinski definition) is 1. The lowest BCUT2D eigenvalue weighted by molar-refractivity contribution is -0.0128. The van der Waals surface area contributed by atoms with Gasteiger partial charge in [-0.1, -0.05) is 0 Å². The van der Waals surface area contributed by atoms with Gasteiger partial charge in [-0.25, -0.2) is 4.79 Å². The van der Waals surface area contributed by atoms with E-state index in [0.717, 1.165) is 0 Å². The highest BCUT2D eigenvalue weighted by Crippen LogP contribution is 2.26. The van der Waals surface area contributed by atoms with Gasteiger partial charge in [-0.05, 0) is 27.0 Å². The number of aliphatic hydroxyl groups excluding tert-OH is 1. The zero-order chi connectivity index (χ0) is 11.6. The van der Waals surface area contributed by atoms with Gasteiger partial charge in [0, 0.05) is 18.2 Å². The molecular weight excluding hydrogens is 214 g/mol. The first-order chi connectivity index (χ1) is 6.83. The van der Waals surface area contributed by atoms with E-state index < -0.39 is 17.9 Å². The maximum absolute atomic E-state index is 11.7. The lowest BCUT2D eigenvalue weighted by Gasteiger charge is -2.26. The minimum absolute atomic E-state index is 0.313. The van der Waals surface area contributed by atoms with E-state index in [2.05, 4.69) is 0 Å². The number of carbonyl (C=O) groups excluding carboxylic acids is 1. The van der Waals surface area contributed by atoms with E-state index in [0.29, 0.717) is 18.2 Å². The van der Waals surface area contributed by atoms with Crippen molar-refractivity contribution >= 4 is 17.9 Å². The van der Waals surface area contributed by atoms with Gasteiger partial charge in [-0.2, -0.15) is 11.8 Å². The summed E-state index contributed by atoms with van der Waals surface area (Å²) in [6, 6.07) is 0. The molecule has 5 heteroatoms. The summed E-state index contributed by atoms with van der Waals surface area (Å²) in [5.41, 5.74) is -0.506. The van der Waals surface area contributed by atoms with Gasteiger partial charge in [-0.15, -0.1) is 0 Å². The molecule has 2 atom stereocenters. The van der Waals surface area contributed by atoms with Crippen molar-refractivity contribution < 1.29 is 14.6 Å². The normalized spacial score (nSPS) is 26.9. The maximum atomic E-state index is 11.7. The molecule has 0 aromatic carbocycles. The highest BCUT2D eigenvalue weighted by atomic mass is 32.2. The molecule has 1 amide bonds. The number of rotatable bonds is 1. The lowest BCUT2D eigenvalue weighted by Crippen LogP contribution is -2.39. The van der Waals surface area contributed by atoms with Crippen molar-refractivity contribution in [2.45, 2.75) is 44.3 Å². The summed E-state index contributed by atoms with van der Waals surface area (Å²) >= 11 is 1.67. The topological polar surface area (TPSA) is 49.8 Å². The Morgan fingerprint density at radius 2 is 2.13 bits per heavy atom. The molecule has 15 heavy (non-hydrogen) atoms. The molecular formula is C10H19NO3S. The number of thioether (sulfide) groups is 1. The van der Waals surface area contributed by atoms with Crippen LogP contribution in [0.4, 0.5) is 4.79 Å². The molecule has 0 radical (unpaired) electrons. The molecule has 4 nitrogen and oxygen atoms in total. The number of ether oxygens (including phenoxy) is 1. The van der Waals surface area contributed by atoms with E-state index >= 15 is 0 Å². The number of hydrogen-bond acceptors (Lipinski definition) is 4. The number of likely N-dealkylation sites (tertiary alicyclic amines) is 1. The summed E-state index contributed by atoms with van der Waals surface area (Å²) in [7, 11) is 0. The Morgan fingerprint density at radius 3 is 2.53 bits per heavy atom. The van der Waals surface area contributed by atoms with Gasteiger partial charge in [0.2, 0.25) is 0 Å². The molecule has 0 aromatic rings. The van der Waals surface area contributed by atoms with Crippen molar-refractivity contribution in [1.29, 1.82) is 0 Å². The fourth-order valence-electron chi connectivity index (χ4n) is 1.47. The number of carbonyl (C=O) groups is 1. The molecule has 0 unspecified atom stereocenters. The van der Waals surface area contributed by atoms with Crippen LogP contribution in [0.25, 0.3) is 0 Å². The van der Waals surface area contributed by atoms with E-state index in [1.807, 2.05) is 27.0 Å². The van der Waals surface area contributed by atoms with Gasteiger partial charge < -0.3 is 9.84 Å². The zero-order valence-electron chi connectivity index (χ0n) is 9.69. The van der Waals surface area contributed by atoms with E-state index in [-0.39, 0.29) is 0 Å². The Balaban J connectivity index is 2.54. The first-order valence-corrected chi connectivity index (χ1v) is 6.33. The van der Waals surface area contributed by atoms with Crippen LogP contribution in [0.15, 0.2) is 0 Å². The van der Waals surface area contributed by atoms with Crippen LogP contribution in [0.3, 0.4) is 0 Å². The van der Waals surface area contributed by atoms with Crippen LogP contribution < -0.4 is 0 Å². The standard InChI is InChI=1S/C10H19NO3S/c1-10(2,3)14-9(13)11-6-7(15-4)5-8(11)12/h7-8,12H,5-6H2,1-4H3/t7-,8+/m0/s1. The Hall–Kier alpha value is -0.420. The second-order valence-electron chi connectivity index (χ2n) is 4.71. The Bertz CT molecular complexity index is 239. The maximum Gasteiger partial charge on any atom is 0.412 e. The summed E-state index contributed by atoms with van der Waals surface area (Å²) in [5.74, 6) is 0. The number of aliphatic hydroxyl groups is 1. The predicted octanol–water partition coefficient (Wildman–Crippen LogP) is 1.68. The van der Waals surface area contributed by atoms with Crippen molar-refractivity contribution in [2.24, 2.45) is 0 Å².